The highest BCUT2D eigenvalue weighted by atomic mass is 16.2. The molecule has 4 unspecified atom stereocenters. The maximum absolute atomic E-state index is 12.1. The lowest BCUT2D eigenvalue weighted by Crippen LogP contribution is -2.39. The highest BCUT2D eigenvalue weighted by Crippen LogP contribution is 2.65. The Hall–Kier alpha value is -1.59. The van der Waals surface area contributed by atoms with E-state index in [4.69, 9.17) is 0 Å². The molecular weight excluding hydrogens is 266 g/mol. The Morgan fingerprint density at radius 1 is 1.24 bits per heavy atom. The molecule has 2 N–H and O–H groups in total. The van der Waals surface area contributed by atoms with Crippen LogP contribution in [0, 0.1) is 23.7 Å². The number of aromatic nitrogens is 3. The maximum Gasteiger partial charge on any atom is 0.315 e. The summed E-state index contributed by atoms with van der Waals surface area (Å²) >= 11 is 0. The van der Waals surface area contributed by atoms with E-state index in [0.29, 0.717) is 12.6 Å². The number of hydrogen-bond acceptors (Lipinski definition) is 3. The predicted octanol–water partition coefficient (Wildman–Crippen LogP) is 1.07. The summed E-state index contributed by atoms with van der Waals surface area (Å²) in [7, 11) is 0. The van der Waals surface area contributed by atoms with Gasteiger partial charge >= 0.3 is 6.03 Å². The molecule has 2 heterocycles. The molecule has 3 saturated carbocycles. The van der Waals surface area contributed by atoms with Crippen LogP contribution in [0.15, 0.2) is 0 Å². The first kappa shape index (κ1) is 12.0. The molecule has 21 heavy (non-hydrogen) atoms. The molecular formula is C15H21N5O. The van der Waals surface area contributed by atoms with Crippen molar-refractivity contribution < 1.29 is 4.79 Å². The van der Waals surface area contributed by atoms with Gasteiger partial charge in [0.1, 0.15) is 5.82 Å². The number of carbonyl (C=O) groups excluding carboxylic acids is 1. The van der Waals surface area contributed by atoms with Crippen molar-refractivity contribution >= 4 is 6.03 Å². The van der Waals surface area contributed by atoms with Crippen molar-refractivity contribution in [3.8, 4) is 0 Å². The number of fused-ring (bicyclic) bond motifs is 6. The smallest absolute Gasteiger partial charge is 0.315 e. The van der Waals surface area contributed by atoms with Crippen LogP contribution in [0.1, 0.15) is 37.3 Å². The molecule has 1 aromatic rings. The summed E-state index contributed by atoms with van der Waals surface area (Å²) in [6.07, 6.45) is 6.34. The Kier molecular flexibility index (Phi) is 2.41. The lowest BCUT2D eigenvalue weighted by atomic mass is 10.0. The highest BCUT2D eigenvalue weighted by Gasteiger charge is 2.65. The van der Waals surface area contributed by atoms with Crippen LogP contribution in [0.2, 0.25) is 0 Å². The van der Waals surface area contributed by atoms with Gasteiger partial charge < -0.3 is 15.2 Å². The lowest BCUT2D eigenvalue weighted by molar-refractivity contribution is 0.237. The molecule has 112 valence electrons. The number of rotatable bonds is 3. The summed E-state index contributed by atoms with van der Waals surface area (Å²) in [5, 5.41) is 14.5. The van der Waals surface area contributed by atoms with Gasteiger partial charge in [-0.1, -0.05) is 0 Å². The fraction of sp³-hybridized carbons (Fsp3) is 0.800. The van der Waals surface area contributed by atoms with Crippen molar-refractivity contribution in [2.75, 3.05) is 0 Å². The molecule has 2 amide bonds. The Morgan fingerprint density at radius 2 is 2.05 bits per heavy atom. The average molecular weight is 287 g/mol. The number of nitrogens with one attached hydrogen (secondary N) is 2. The largest absolute Gasteiger partial charge is 0.335 e. The first-order chi connectivity index (χ1) is 10.3. The number of amides is 2. The molecule has 3 fully saturated rings. The molecule has 4 atom stereocenters. The Bertz CT molecular complexity index is 581. The first-order valence-corrected chi connectivity index (χ1v) is 8.26. The van der Waals surface area contributed by atoms with Crippen molar-refractivity contribution in [3.05, 3.63) is 11.6 Å². The van der Waals surface area contributed by atoms with Gasteiger partial charge in [-0.3, -0.25) is 0 Å². The summed E-state index contributed by atoms with van der Waals surface area (Å²) in [6.45, 7) is 1.46. The maximum atomic E-state index is 12.1. The van der Waals surface area contributed by atoms with Gasteiger partial charge in [-0.05, 0) is 49.4 Å². The summed E-state index contributed by atoms with van der Waals surface area (Å²) in [5.74, 6) is 5.29. The van der Waals surface area contributed by atoms with Crippen molar-refractivity contribution in [2.24, 2.45) is 23.7 Å². The van der Waals surface area contributed by atoms with Gasteiger partial charge in [0.15, 0.2) is 5.82 Å². The van der Waals surface area contributed by atoms with Crippen LogP contribution >= 0.6 is 0 Å². The second-order valence-electron chi connectivity index (χ2n) is 7.13. The summed E-state index contributed by atoms with van der Waals surface area (Å²) in [6, 6.07) is 0.407. The lowest BCUT2D eigenvalue weighted by Gasteiger charge is -2.11. The summed E-state index contributed by atoms with van der Waals surface area (Å²) in [4.78, 5) is 12.1. The number of hydrogen-bond donors (Lipinski definition) is 2. The van der Waals surface area contributed by atoms with Gasteiger partial charge in [-0.15, -0.1) is 10.2 Å². The molecule has 4 aliphatic rings. The standard InChI is InChI=1S/C15H21N5O/c21-15(16-7-11-19-18-10-2-1-5-20(10)11)17-14-12-8-3-4-9(6-8)13(12)14/h8-9,12-14H,1-7H2,(H2,16,17,21). The SMILES string of the molecule is O=C(NCc1nnc2n1CCC2)NC1C2C3CCC(C3)C12. The summed E-state index contributed by atoms with van der Waals surface area (Å²) in [5.41, 5.74) is 0. The molecule has 6 heteroatoms. The molecule has 5 rings (SSSR count). The van der Waals surface area contributed by atoms with E-state index in [9.17, 15) is 4.79 Å². The fourth-order valence-corrected chi connectivity index (χ4v) is 5.22. The van der Waals surface area contributed by atoms with Crippen molar-refractivity contribution in [2.45, 2.75) is 51.2 Å². The van der Waals surface area contributed by atoms with Crippen LogP contribution in [0.25, 0.3) is 0 Å². The Balaban J connectivity index is 1.16. The van der Waals surface area contributed by atoms with E-state index in [-0.39, 0.29) is 6.03 Å². The van der Waals surface area contributed by atoms with E-state index in [1.165, 1.54) is 19.3 Å². The van der Waals surface area contributed by atoms with Crippen LogP contribution in [0.4, 0.5) is 4.79 Å². The van der Waals surface area contributed by atoms with E-state index in [0.717, 1.165) is 54.7 Å². The normalized spacial score (nSPS) is 38.2. The molecule has 1 aromatic heterocycles. The molecule has 0 aromatic carbocycles. The molecule has 1 aliphatic heterocycles. The molecule has 3 aliphatic carbocycles. The molecule has 0 spiro atoms. The number of aryl methyl sites for hydroxylation is 1. The highest BCUT2D eigenvalue weighted by molar-refractivity contribution is 5.74. The van der Waals surface area contributed by atoms with Crippen molar-refractivity contribution in [1.29, 1.82) is 0 Å². The minimum absolute atomic E-state index is 0.0378. The van der Waals surface area contributed by atoms with Crippen LogP contribution in [0.5, 0.6) is 0 Å². The van der Waals surface area contributed by atoms with Gasteiger partial charge in [0.05, 0.1) is 6.54 Å². The zero-order valence-corrected chi connectivity index (χ0v) is 12.1. The van der Waals surface area contributed by atoms with Gasteiger partial charge in [0.25, 0.3) is 0 Å². The van der Waals surface area contributed by atoms with Gasteiger partial charge in [0, 0.05) is 19.0 Å². The summed E-state index contributed by atoms with van der Waals surface area (Å²) < 4.78 is 2.13. The molecule has 2 bridgehead atoms. The van der Waals surface area contributed by atoms with Crippen LogP contribution in [0.3, 0.4) is 0 Å². The van der Waals surface area contributed by atoms with Crippen LogP contribution < -0.4 is 10.6 Å². The van der Waals surface area contributed by atoms with Gasteiger partial charge in [0.2, 0.25) is 0 Å². The number of nitrogens with zero attached hydrogens (tertiary/aromatic N) is 3. The quantitative estimate of drug-likeness (QED) is 0.873. The topological polar surface area (TPSA) is 71.8 Å². The Morgan fingerprint density at radius 3 is 2.86 bits per heavy atom. The third-order valence-corrected chi connectivity index (χ3v) is 6.13. The van der Waals surface area contributed by atoms with Gasteiger partial charge in [-0.2, -0.15) is 0 Å². The first-order valence-electron chi connectivity index (χ1n) is 8.26. The molecule has 6 nitrogen and oxygen atoms in total. The zero-order chi connectivity index (χ0) is 14.0. The van der Waals surface area contributed by atoms with E-state index < -0.39 is 0 Å². The fourth-order valence-electron chi connectivity index (χ4n) is 5.22. The van der Waals surface area contributed by atoms with Crippen molar-refractivity contribution in [3.63, 3.8) is 0 Å². The predicted molar refractivity (Wildman–Crippen MR) is 75.3 cm³/mol. The van der Waals surface area contributed by atoms with Crippen LogP contribution in [-0.2, 0) is 19.5 Å². The number of urea groups is 1. The van der Waals surface area contributed by atoms with E-state index in [1.54, 1.807) is 0 Å². The third kappa shape index (κ3) is 1.74. The molecule has 0 saturated heterocycles. The monoisotopic (exact) mass is 287 g/mol. The van der Waals surface area contributed by atoms with E-state index in [2.05, 4.69) is 25.4 Å². The minimum atomic E-state index is -0.0378. The van der Waals surface area contributed by atoms with Crippen molar-refractivity contribution in [1.82, 2.24) is 25.4 Å². The Labute approximate surface area is 123 Å². The van der Waals surface area contributed by atoms with E-state index in [1.807, 2.05) is 0 Å². The van der Waals surface area contributed by atoms with Gasteiger partial charge in [-0.25, -0.2) is 4.79 Å². The average Bonchev–Trinajstić information content (AvgIpc) is 3.00. The zero-order valence-electron chi connectivity index (χ0n) is 12.1. The van der Waals surface area contributed by atoms with Crippen LogP contribution in [-0.4, -0.2) is 26.8 Å². The third-order valence-electron chi connectivity index (χ3n) is 6.13. The second-order valence-corrected chi connectivity index (χ2v) is 7.13. The minimum Gasteiger partial charge on any atom is -0.335 e. The number of carbonyl (C=O) groups is 1. The second kappa shape index (κ2) is 4.21. The van der Waals surface area contributed by atoms with E-state index >= 15 is 0 Å². The molecule has 0 radical (unpaired) electrons.